The van der Waals surface area contributed by atoms with Gasteiger partial charge in [0.1, 0.15) is 12.4 Å². The third-order valence-corrected chi connectivity index (χ3v) is 2.61. The molecule has 0 spiro atoms. The van der Waals surface area contributed by atoms with E-state index in [9.17, 15) is 4.79 Å². The minimum atomic E-state index is -0.307. The van der Waals surface area contributed by atoms with Gasteiger partial charge in [-0.05, 0) is 19.1 Å². The maximum atomic E-state index is 11.8. The first-order valence-electron chi connectivity index (χ1n) is 5.95. The molecule has 1 heterocycles. The normalized spacial score (nSPS) is 10.2. The Kier molecular flexibility index (Phi) is 4.02. The molecule has 1 aromatic heterocycles. The molecule has 100 valence electrons. The molecule has 0 saturated carbocycles. The number of H-pyrrole nitrogens is 1. The van der Waals surface area contributed by atoms with Crippen molar-refractivity contribution in [2.24, 2.45) is 0 Å². The van der Waals surface area contributed by atoms with Crippen molar-refractivity contribution in [3.8, 4) is 5.75 Å². The van der Waals surface area contributed by atoms with E-state index in [1.165, 1.54) is 0 Å². The molecule has 6 nitrogen and oxygen atoms in total. The zero-order valence-electron chi connectivity index (χ0n) is 10.6. The summed E-state index contributed by atoms with van der Waals surface area (Å²) in [5.74, 6) is 0.463. The fourth-order valence-corrected chi connectivity index (χ4v) is 1.54. The predicted octanol–water partition coefficient (Wildman–Crippen LogP) is 1.11. The van der Waals surface area contributed by atoms with Gasteiger partial charge in [0.2, 0.25) is 0 Å². The van der Waals surface area contributed by atoms with Crippen LogP contribution in [0, 0.1) is 6.92 Å². The molecule has 0 atom stereocenters. The average Bonchev–Trinajstić information content (AvgIpc) is 2.76. The van der Waals surface area contributed by atoms with E-state index in [1.807, 2.05) is 30.3 Å². The number of nitrogens with one attached hydrogen (secondary N) is 2. The first-order valence-corrected chi connectivity index (χ1v) is 5.95. The van der Waals surface area contributed by atoms with Crippen LogP contribution in [0.4, 0.5) is 5.69 Å². The number of amides is 1. The number of nitrogens with zero attached hydrogens (tertiary/aromatic N) is 1. The highest BCUT2D eigenvalue weighted by Crippen LogP contribution is 2.11. The molecular formula is C13H16N4O2. The van der Waals surface area contributed by atoms with E-state index >= 15 is 0 Å². The van der Waals surface area contributed by atoms with E-state index in [4.69, 9.17) is 10.5 Å². The van der Waals surface area contributed by atoms with Gasteiger partial charge in [0.25, 0.3) is 5.91 Å². The van der Waals surface area contributed by atoms with Crippen LogP contribution in [0.25, 0.3) is 0 Å². The van der Waals surface area contributed by atoms with Crippen molar-refractivity contribution in [3.63, 3.8) is 0 Å². The Morgan fingerprint density at radius 2 is 2.16 bits per heavy atom. The molecule has 4 N–H and O–H groups in total. The van der Waals surface area contributed by atoms with E-state index < -0.39 is 0 Å². The summed E-state index contributed by atoms with van der Waals surface area (Å²) in [5, 5.41) is 9.21. The zero-order chi connectivity index (χ0) is 13.7. The van der Waals surface area contributed by atoms with E-state index in [0.29, 0.717) is 24.5 Å². The van der Waals surface area contributed by atoms with Crippen molar-refractivity contribution in [1.29, 1.82) is 0 Å². The lowest BCUT2D eigenvalue weighted by molar-refractivity contribution is 0.0943. The van der Waals surface area contributed by atoms with E-state index in [0.717, 1.165) is 5.75 Å². The van der Waals surface area contributed by atoms with Crippen molar-refractivity contribution in [2.45, 2.75) is 6.92 Å². The highest BCUT2D eigenvalue weighted by Gasteiger charge is 2.14. The molecule has 0 aliphatic carbocycles. The lowest BCUT2D eigenvalue weighted by Gasteiger charge is -2.06. The first kappa shape index (κ1) is 12.9. The Labute approximate surface area is 111 Å². The third kappa shape index (κ3) is 3.25. The Morgan fingerprint density at radius 3 is 2.79 bits per heavy atom. The number of anilines is 1. The van der Waals surface area contributed by atoms with Gasteiger partial charge in [0.15, 0.2) is 5.69 Å². The van der Waals surface area contributed by atoms with Gasteiger partial charge in [-0.2, -0.15) is 5.10 Å². The van der Waals surface area contributed by atoms with Crippen LogP contribution >= 0.6 is 0 Å². The average molecular weight is 260 g/mol. The van der Waals surface area contributed by atoms with Gasteiger partial charge in [-0.25, -0.2) is 0 Å². The summed E-state index contributed by atoms with van der Waals surface area (Å²) in [6.07, 6.45) is 0. The number of aromatic nitrogens is 2. The van der Waals surface area contributed by atoms with Gasteiger partial charge in [-0.3, -0.25) is 9.89 Å². The maximum absolute atomic E-state index is 11.8. The summed E-state index contributed by atoms with van der Waals surface area (Å²) in [4.78, 5) is 11.8. The van der Waals surface area contributed by atoms with Crippen LogP contribution in [0.15, 0.2) is 30.3 Å². The molecule has 0 radical (unpaired) electrons. The smallest absolute Gasteiger partial charge is 0.274 e. The van der Waals surface area contributed by atoms with Gasteiger partial charge >= 0.3 is 0 Å². The summed E-state index contributed by atoms with van der Waals surface area (Å²) >= 11 is 0. The Bertz CT molecular complexity index is 551. The summed E-state index contributed by atoms with van der Waals surface area (Å²) in [5.41, 5.74) is 6.99. The minimum Gasteiger partial charge on any atom is -0.492 e. The molecule has 0 bridgehead atoms. The topological polar surface area (TPSA) is 93.0 Å². The van der Waals surface area contributed by atoms with Gasteiger partial charge in [0.05, 0.1) is 17.9 Å². The van der Waals surface area contributed by atoms with Crippen molar-refractivity contribution < 1.29 is 9.53 Å². The Morgan fingerprint density at radius 1 is 1.42 bits per heavy atom. The third-order valence-electron chi connectivity index (χ3n) is 2.61. The van der Waals surface area contributed by atoms with Crippen molar-refractivity contribution >= 4 is 11.6 Å². The van der Waals surface area contributed by atoms with Crippen LogP contribution in [0.5, 0.6) is 5.75 Å². The molecule has 0 saturated heterocycles. The highest BCUT2D eigenvalue weighted by atomic mass is 16.5. The minimum absolute atomic E-state index is 0.220. The number of ether oxygens (including phenoxy) is 1. The van der Waals surface area contributed by atoms with Crippen LogP contribution < -0.4 is 15.8 Å². The molecule has 0 fully saturated rings. The second-order valence-corrected chi connectivity index (χ2v) is 4.03. The fraction of sp³-hybridized carbons (Fsp3) is 0.231. The summed E-state index contributed by atoms with van der Waals surface area (Å²) < 4.78 is 5.45. The quantitative estimate of drug-likeness (QED) is 0.702. The molecule has 0 aliphatic rings. The maximum Gasteiger partial charge on any atom is 0.274 e. The zero-order valence-corrected chi connectivity index (χ0v) is 10.6. The van der Waals surface area contributed by atoms with E-state index in [2.05, 4.69) is 15.5 Å². The number of carbonyl (C=O) groups is 1. The molecule has 19 heavy (non-hydrogen) atoms. The van der Waals surface area contributed by atoms with Crippen molar-refractivity contribution in [1.82, 2.24) is 15.5 Å². The number of para-hydroxylation sites is 1. The van der Waals surface area contributed by atoms with Crippen LogP contribution in [0.1, 0.15) is 16.2 Å². The molecule has 6 heteroatoms. The number of nitrogen functional groups attached to an aromatic ring is 1. The number of aromatic amines is 1. The summed E-state index contributed by atoms with van der Waals surface area (Å²) in [7, 11) is 0. The number of nitrogens with two attached hydrogens (primary N) is 1. The lowest BCUT2D eigenvalue weighted by atomic mass is 10.3. The highest BCUT2D eigenvalue weighted by molar-refractivity contribution is 5.97. The van der Waals surface area contributed by atoms with Gasteiger partial charge in [0, 0.05) is 0 Å². The van der Waals surface area contributed by atoms with Gasteiger partial charge in [-0.1, -0.05) is 18.2 Å². The van der Waals surface area contributed by atoms with E-state index in [1.54, 1.807) is 6.92 Å². The summed E-state index contributed by atoms with van der Waals surface area (Å²) in [6.45, 7) is 2.54. The fourth-order valence-electron chi connectivity index (χ4n) is 1.54. The van der Waals surface area contributed by atoms with E-state index in [-0.39, 0.29) is 11.6 Å². The molecular weight excluding hydrogens is 244 g/mol. The van der Waals surface area contributed by atoms with Gasteiger partial charge in [-0.15, -0.1) is 0 Å². The van der Waals surface area contributed by atoms with Crippen molar-refractivity contribution in [2.75, 3.05) is 18.9 Å². The lowest BCUT2D eigenvalue weighted by Crippen LogP contribution is -2.29. The number of benzene rings is 1. The molecule has 0 unspecified atom stereocenters. The van der Waals surface area contributed by atoms with Gasteiger partial charge < -0.3 is 15.8 Å². The monoisotopic (exact) mass is 260 g/mol. The summed E-state index contributed by atoms with van der Waals surface area (Å²) in [6, 6.07) is 9.41. The number of hydrogen-bond acceptors (Lipinski definition) is 4. The second-order valence-electron chi connectivity index (χ2n) is 4.03. The Balaban J connectivity index is 1.77. The number of aryl methyl sites for hydroxylation is 1. The second kappa shape index (κ2) is 5.90. The number of carbonyl (C=O) groups excluding carboxylic acids is 1. The first-order chi connectivity index (χ1) is 9.18. The number of hydrogen-bond donors (Lipinski definition) is 3. The van der Waals surface area contributed by atoms with Crippen molar-refractivity contribution in [3.05, 3.63) is 41.7 Å². The standard InChI is InChI=1S/C13H16N4O2/c1-9-11(14)12(17-16-9)13(18)15-7-8-19-10-5-3-2-4-6-10/h2-6H,7-8,14H2,1H3,(H,15,18)(H,16,17). The molecule has 1 amide bonds. The SMILES string of the molecule is Cc1[nH]nc(C(=O)NCCOc2ccccc2)c1N. The van der Waals surface area contributed by atoms with Crippen LogP contribution in [0.2, 0.25) is 0 Å². The number of rotatable bonds is 5. The molecule has 2 rings (SSSR count). The van der Waals surface area contributed by atoms with Crippen LogP contribution in [-0.2, 0) is 0 Å². The van der Waals surface area contributed by atoms with Crippen LogP contribution in [-0.4, -0.2) is 29.3 Å². The van der Waals surface area contributed by atoms with Crippen LogP contribution in [0.3, 0.4) is 0 Å². The molecule has 0 aliphatic heterocycles. The largest absolute Gasteiger partial charge is 0.492 e. The Hall–Kier alpha value is -2.50. The molecule has 1 aromatic carbocycles. The predicted molar refractivity (Wildman–Crippen MR) is 72.0 cm³/mol. The molecule has 2 aromatic rings.